The Morgan fingerprint density at radius 1 is 1.47 bits per heavy atom. The molecule has 1 rings (SSSR count). The number of aryl methyl sites for hydroxylation is 2. The van der Waals surface area contributed by atoms with E-state index in [4.69, 9.17) is 5.73 Å². The number of carbonyl (C=O) groups is 1. The molecule has 5 nitrogen and oxygen atoms in total. The van der Waals surface area contributed by atoms with Crippen LogP contribution in [0.1, 0.15) is 31.5 Å². The van der Waals surface area contributed by atoms with E-state index in [2.05, 4.69) is 14.9 Å². The second-order valence-corrected chi connectivity index (χ2v) is 4.12. The molecule has 0 aromatic carbocycles. The number of hydrogen-bond donors (Lipinski definition) is 2. The molecular formula is C12H22N4O. The number of rotatable bonds is 8. The standard InChI is InChI=1S/C12H22N4O/c1-11-14-8-10-16(11)9-3-2-7-15-12(17)5-4-6-13/h8,10H,2-7,9,13H2,1H3,(H,15,17). The van der Waals surface area contributed by atoms with E-state index in [-0.39, 0.29) is 5.91 Å². The largest absolute Gasteiger partial charge is 0.356 e. The van der Waals surface area contributed by atoms with E-state index >= 15 is 0 Å². The summed E-state index contributed by atoms with van der Waals surface area (Å²) in [5.74, 6) is 1.14. The first-order valence-electron chi connectivity index (χ1n) is 6.18. The van der Waals surface area contributed by atoms with Crippen molar-refractivity contribution in [2.45, 2.75) is 39.2 Å². The molecule has 0 saturated heterocycles. The van der Waals surface area contributed by atoms with Crippen LogP contribution in [0, 0.1) is 6.92 Å². The molecule has 0 radical (unpaired) electrons. The van der Waals surface area contributed by atoms with Gasteiger partial charge in [-0.1, -0.05) is 0 Å². The first kappa shape index (κ1) is 13.7. The molecule has 17 heavy (non-hydrogen) atoms. The average Bonchev–Trinajstić information content (AvgIpc) is 2.72. The van der Waals surface area contributed by atoms with Gasteiger partial charge in [-0.3, -0.25) is 4.79 Å². The number of unbranched alkanes of at least 4 members (excludes halogenated alkanes) is 1. The zero-order chi connectivity index (χ0) is 12.5. The highest BCUT2D eigenvalue weighted by Gasteiger charge is 1.99. The molecule has 0 aliphatic rings. The summed E-state index contributed by atoms with van der Waals surface area (Å²) >= 11 is 0. The second-order valence-electron chi connectivity index (χ2n) is 4.12. The highest BCUT2D eigenvalue weighted by molar-refractivity contribution is 5.75. The van der Waals surface area contributed by atoms with Crippen molar-refractivity contribution in [2.75, 3.05) is 13.1 Å². The number of amides is 1. The molecule has 0 fully saturated rings. The Morgan fingerprint density at radius 3 is 2.94 bits per heavy atom. The molecule has 1 heterocycles. The number of nitrogens with one attached hydrogen (secondary N) is 1. The summed E-state index contributed by atoms with van der Waals surface area (Å²) in [5.41, 5.74) is 5.33. The van der Waals surface area contributed by atoms with E-state index in [9.17, 15) is 4.79 Å². The van der Waals surface area contributed by atoms with Crippen LogP contribution in [0.3, 0.4) is 0 Å². The number of nitrogens with zero attached hydrogens (tertiary/aromatic N) is 2. The molecular weight excluding hydrogens is 216 g/mol. The predicted molar refractivity (Wildman–Crippen MR) is 67.5 cm³/mol. The van der Waals surface area contributed by atoms with Crippen molar-refractivity contribution in [1.82, 2.24) is 14.9 Å². The third-order valence-corrected chi connectivity index (χ3v) is 2.68. The summed E-state index contributed by atoms with van der Waals surface area (Å²) < 4.78 is 2.12. The Hall–Kier alpha value is -1.36. The molecule has 0 unspecified atom stereocenters. The van der Waals surface area contributed by atoms with Gasteiger partial charge in [-0.2, -0.15) is 0 Å². The molecule has 1 aromatic rings. The summed E-state index contributed by atoms with van der Waals surface area (Å²) in [4.78, 5) is 15.4. The van der Waals surface area contributed by atoms with Gasteiger partial charge >= 0.3 is 0 Å². The van der Waals surface area contributed by atoms with Crippen LogP contribution in [0.4, 0.5) is 0 Å². The Kier molecular flexibility index (Phi) is 6.32. The van der Waals surface area contributed by atoms with E-state index in [1.165, 1.54) is 0 Å². The molecule has 0 aliphatic heterocycles. The minimum atomic E-state index is 0.106. The third kappa shape index (κ3) is 5.49. The number of aromatic nitrogens is 2. The molecule has 0 aliphatic carbocycles. The lowest BCUT2D eigenvalue weighted by atomic mass is 10.2. The zero-order valence-electron chi connectivity index (χ0n) is 10.5. The average molecular weight is 238 g/mol. The first-order chi connectivity index (χ1) is 8.24. The van der Waals surface area contributed by atoms with Gasteiger partial charge in [0.2, 0.25) is 5.91 Å². The van der Waals surface area contributed by atoms with Gasteiger partial charge in [0.1, 0.15) is 5.82 Å². The fourth-order valence-electron chi connectivity index (χ4n) is 1.63. The lowest BCUT2D eigenvalue weighted by molar-refractivity contribution is -0.121. The van der Waals surface area contributed by atoms with Gasteiger partial charge in [0.15, 0.2) is 0 Å². The minimum Gasteiger partial charge on any atom is -0.356 e. The summed E-state index contributed by atoms with van der Waals surface area (Å²) in [6.45, 7) is 4.28. The molecule has 0 spiro atoms. The molecule has 5 heteroatoms. The fraction of sp³-hybridized carbons (Fsp3) is 0.667. The predicted octanol–water partition coefficient (Wildman–Crippen LogP) is 0.827. The van der Waals surface area contributed by atoms with Crippen molar-refractivity contribution in [3.05, 3.63) is 18.2 Å². The van der Waals surface area contributed by atoms with E-state index in [0.717, 1.165) is 38.2 Å². The fourth-order valence-corrected chi connectivity index (χ4v) is 1.63. The number of carbonyl (C=O) groups excluding carboxylic acids is 1. The van der Waals surface area contributed by atoms with E-state index in [1.54, 1.807) is 0 Å². The van der Waals surface area contributed by atoms with Crippen LogP contribution in [0.25, 0.3) is 0 Å². The third-order valence-electron chi connectivity index (χ3n) is 2.68. The van der Waals surface area contributed by atoms with Crippen molar-refractivity contribution in [3.8, 4) is 0 Å². The Bertz CT molecular complexity index is 335. The van der Waals surface area contributed by atoms with Crippen LogP contribution in [0.2, 0.25) is 0 Å². The van der Waals surface area contributed by atoms with Crippen molar-refractivity contribution in [2.24, 2.45) is 5.73 Å². The summed E-state index contributed by atoms with van der Waals surface area (Å²) in [7, 11) is 0. The number of imidazole rings is 1. The Balaban J connectivity index is 2.01. The maximum Gasteiger partial charge on any atom is 0.220 e. The van der Waals surface area contributed by atoms with Crippen LogP contribution in [0.5, 0.6) is 0 Å². The van der Waals surface area contributed by atoms with Crippen molar-refractivity contribution in [1.29, 1.82) is 0 Å². The first-order valence-corrected chi connectivity index (χ1v) is 6.18. The Morgan fingerprint density at radius 2 is 2.29 bits per heavy atom. The normalized spacial score (nSPS) is 10.5. The van der Waals surface area contributed by atoms with E-state index in [0.29, 0.717) is 13.0 Å². The Labute approximate surface area is 102 Å². The van der Waals surface area contributed by atoms with Crippen LogP contribution >= 0.6 is 0 Å². The maximum absolute atomic E-state index is 11.3. The van der Waals surface area contributed by atoms with Gasteiger partial charge in [-0.15, -0.1) is 0 Å². The smallest absolute Gasteiger partial charge is 0.220 e. The van der Waals surface area contributed by atoms with Crippen molar-refractivity contribution in [3.63, 3.8) is 0 Å². The summed E-state index contributed by atoms with van der Waals surface area (Å²) in [5, 5.41) is 2.89. The topological polar surface area (TPSA) is 72.9 Å². The van der Waals surface area contributed by atoms with E-state index < -0.39 is 0 Å². The van der Waals surface area contributed by atoms with Gasteiger partial charge in [0.25, 0.3) is 0 Å². The van der Waals surface area contributed by atoms with Gasteiger partial charge in [0, 0.05) is 31.9 Å². The van der Waals surface area contributed by atoms with Gasteiger partial charge in [-0.05, 0) is 32.7 Å². The quantitative estimate of drug-likeness (QED) is 0.659. The molecule has 1 amide bonds. The lowest BCUT2D eigenvalue weighted by Gasteiger charge is -2.06. The van der Waals surface area contributed by atoms with E-state index in [1.807, 2.05) is 19.3 Å². The van der Waals surface area contributed by atoms with Crippen LogP contribution in [0.15, 0.2) is 12.4 Å². The van der Waals surface area contributed by atoms with Crippen LogP contribution in [-0.2, 0) is 11.3 Å². The highest BCUT2D eigenvalue weighted by atomic mass is 16.1. The molecule has 0 saturated carbocycles. The SMILES string of the molecule is Cc1nccn1CCCCNC(=O)CCCN. The summed E-state index contributed by atoms with van der Waals surface area (Å²) in [6.07, 6.45) is 7.14. The maximum atomic E-state index is 11.3. The lowest BCUT2D eigenvalue weighted by Crippen LogP contribution is -2.25. The molecule has 96 valence electrons. The summed E-state index contributed by atoms with van der Waals surface area (Å²) in [6, 6.07) is 0. The molecule has 3 N–H and O–H groups in total. The van der Waals surface area contributed by atoms with Crippen molar-refractivity contribution < 1.29 is 4.79 Å². The monoisotopic (exact) mass is 238 g/mol. The number of hydrogen-bond acceptors (Lipinski definition) is 3. The van der Waals surface area contributed by atoms with Gasteiger partial charge in [-0.25, -0.2) is 4.98 Å². The minimum absolute atomic E-state index is 0.106. The highest BCUT2D eigenvalue weighted by Crippen LogP contribution is 1.99. The van der Waals surface area contributed by atoms with Crippen molar-refractivity contribution >= 4 is 5.91 Å². The second kappa shape index (κ2) is 7.84. The van der Waals surface area contributed by atoms with Crippen LogP contribution < -0.4 is 11.1 Å². The molecule has 0 bridgehead atoms. The van der Waals surface area contributed by atoms with Crippen LogP contribution in [-0.4, -0.2) is 28.5 Å². The zero-order valence-corrected chi connectivity index (χ0v) is 10.5. The molecule has 0 atom stereocenters. The van der Waals surface area contributed by atoms with Gasteiger partial charge in [0.05, 0.1) is 0 Å². The van der Waals surface area contributed by atoms with Gasteiger partial charge < -0.3 is 15.6 Å². The number of nitrogens with two attached hydrogens (primary N) is 1. The molecule has 1 aromatic heterocycles.